The number of likely N-dealkylation sites (tertiary alicyclic amines) is 1. The highest BCUT2D eigenvalue weighted by Gasteiger charge is 2.23. The van der Waals surface area contributed by atoms with Crippen LogP contribution in [-0.2, 0) is 0 Å². The van der Waals surface area contributed by atoms with E-state index in [1.165, 1.54) is 25.8 Å². The van der Waals surface area contributed by atoms with E-state index in [0.29, 0.717) is 12.1 Å². The summed E-state index contributed by atoms with van der Waals surface area (Å²) in [6, 6.07) is 1.24. The van der Waals surface area contributed by atoms with E-state index in [2.05, 4.69) is 23.7 Å². The van der Waals surface area contributed by atoms with Gasteiger partial charge in [-0.25, -0.2) is 0 Å². The zero-order chi connectivity index (χ0) is 9.68. The predicted octanol–water partition coefficient (Wildman–Crippen LogP) is 1.63. The largest absolute Gasteiger partial charge is 0.318 e. The first-order valence-electron chi connectivity index (χ1n) is 5.32. The molecule has 0 radical (unpaired) electrons. The van der Waals surface area contributed by atoms with Gasteiger partial charge in [0.25, 0.3) is 0 Å². The second-order valence-electron chi connectivity index (χ2n) is 3.92. The molecular formula is C11H22N2. The van der Waals surface area contributed by atoms with Crippen molar-refractivity contribution in [3.8, 4) is 0 Å². The van der Waals surface area contributed by atoms with Crippen LogP contribution in [0, 0.1) is 0 Å². The van der Waals surface area contributed by atoms with Crippen LogP contribution in [0.5, 0.6) is 0 Å². The first-order valence-corrected chi connectivity index (χ1v) is 5.32. The molecule has 1 aliphatic rings. The van der Waals surface area contributed by atoms with Gasteiger partial charge in [0.15, 0.2) is 0 Å². The highest BCUT2D eigenvalue weighted by atomic mass is 15.2. The van der Waals surface area contributed by atoms with E-state index in [1.54, 1.807) is 0 Å². The lowest BCUT2D eigenvalue weighted by Gasteiger charge is -2.38. The molecule has 2 nitrogen and oxygen atoms in total. The van der Waals surface area contributed by atoms with Crippen LogP contribution in [0.25, 0.3) is 0 Å². The van der Waals surface area contributed by atoms with E-state index in [-0.39, 0.29) is 0 Å². The number of likely N-dealkylation sites (N-methyl/N-ethyl adjacent to an activating group) is 1. The molecular weight excluding hydrogens is 160 g/mol. The van der Waals surface area contributed by atoms with E-state index in [9.17, 15) is 0 Å². The molecule has 2 unspecified atom stereocenters. The molecule has 0 aromatic heterocycles. The van der Waals surface area contributed by atoms with Crippen LogP contribution in [-0.4, -0.2) is 37.1 Å². The lowest BCUT2D eigenvalue weighted by molar-refractivity contribution is 0.124. The smallest absolute Gasteiger partial charge is 0.0250 e. The van der Waals surface area contributed by atoms with Gasteiger partial charge in [0.05, 0.1) is 0 Å². The fourth-order valence-corrected chi connectivity index (χ4v) is 2.15. The van der Waals surface area contributed by atoms with Crippen molar-refractivity contribution in [1.29, 1.82) is 0 Å². The monoisotopic (exact) mass is 182 g/mol. The van der Waals surface area contributed by atoms with Crippen molar-refractivity contribution in [2.24, 2.45) is 0 Å². The van der Waals surface area contributed by atoms with Gasteiger partial charge in [0.2, 0.25) is 0 Å². The molecule has 0 aliphatic carbocycles. The van der Waals surface area contributed by atoms with Gasteiger partial charge in [-0.05, 0) is 33.4 Å². The van der Waals surface area contributed by atoms with Crippen molar-refractivity contribution in [2.75, 3.05) is 20.1 Å². The summed E-state index contributed by atoms with van der Waals surface area (Å²) in [6.07, 6.45) is 6.11. The summed E-state index contributed by atoms with van der Waals surface area (Å²) in [4.78, 5) is 2.56. The second kappa shape index (κ2) is 5.40. The van der Waals surface area contributed by atoms with Gasteiger partial charge in [-0.2, -0.15) is 0 Å². The van der Waals surface area contributed by atoms with Crippen LogP contribution in [0.1, 0.15) is 26.2 Å². The average Bonchev–Trinajstić information content (AvgIpc) is 2.18. The highest BCUT2D eigenvalue weighted by Crippen LogP contribution is 2.19. The van der Waals surface area contributed by atoms with Crippen LogP contribution >= 0.6 is 0 Å². The second-order valence-corrected chi connectivity index (χ2v) is 3.92. The Morgan fingerprint density at radius 2 is 2.38 bits per heavy atom. The molecule has 2 atom stereocenters. The Morgan fingerprint density at radius 1 is 1.62 bits per heavy atom. The van der Waals surface area contributed by atoms with Crippen molar-refractivity contribution >= 4 is 0 Å². The first kappa shape index (κ1) is 10.7. The average molecular weight is 182 g/mol. The summed E-state index contributed by atoms with van der Waals surface area (Å²) in [5.41, 5.74) is 0. The minimum atomic E-state index is 0.527. The fraction of sp³-hybridized carbons (Fsp3) is 0.818. The predicted molar refractivity (Wildman–Crippen MR) is 57.9 cm³/mol. The number of rotatable bonds is 4. The number of nitrogens with one attached hydrogen (secondary N) is 1. The molecule has 1 rings (SSSR count). The Labute approximate surface area is 82.0 Å². The van der Waals surface area contributed by atoms with Crippen molar-refractivity contribution < 1.29 is 0 Å². The molecule has 1 aliphatic heterocycles. The third kappa shape index (κ3) is 2.82. The van der Waals surface area contributed by atoms with Gasteiger partial charge in [0, 0.05) is 18.6 Å². The van der Waals surface area contributed by atoms with Crippen LogP contribution in [0.4, 0.5) is 0 Å². The van der Waals surface area contributed by atoms with Crippen molar-refractivity contribution in [3.63, 3.8) is 0 Å². The van der Waals surface area contributed by atoms with E-state index >= 15 is 0 Å². The Balaban J connectivity index is 2.50. The molecule has 1 saturated heterocycles. The molecule has 0 bridgehead atoms. The minimum Gasteiger partial charge on any atom is -0.318 e. The molecule has 0 spiro atoms. The summed E-state index contributed by atoms with van der Waals surface area (Å²) < 4.78 is 0. The molecule has 0 aromatic carbocycles. The number of hydrogen-bond donors (Lipinski definition) is 1. The molecule has 1 N–H and O–H groups in total. The Kier molecular flexibility index (Phi) is 4.46. The van der Waals surface area contributed by atoms with E-state index in [1.807, 2.05) is 13.1 Å². The zero-order valence-electron chi connectivity index (χ0n) is 8.92. The van der Waals surface area contributed by atoms with E-state index in [0.717, 1.165) is 6.54 Å². The van der Waals surface area contributed by atoms with Crippen LogP contribution in [0.3, 0.4) is 0 Å². The fourth-order valence-electron chi connectivity index (χ4n) is 2.15. The lowest BCUT2D eigenvalue weighted by atomic mass is 10.00. The zero-order valence-corrected chi connectivity index (χ0v) is 8.92. The van der Waals surface area contributed by atoms with Crippen molar-refractivity contribution in [3.05, 3.63) is 12.7 Å². The van der Waals surface area contributed by atoms with Gasteiger partial charge < -0.3 is 5.32 Å². The number of hydrogen-bond acceptors (Lipinski definition) is 2. The quantitative estimate of drug-likeness (QED) is 0.665. The Morgan fingerprint density at radius 3 is 3.00 bits per heavy atom. The summed E-state index contributed by atoms with van der Waals surface area (Å²) in [6.45, 7) is 8.45. The number of nitrogens with zero attached hydrogens (tertiary/aromatic N) is 1. The lowest BCUT2D eigenvalue weighted by Crippen LogP contribution is -2.48. The summed E-state index contributed by atoms with van der Waals surface area (Å²) in [7, 11) is 2.03. The molecule has 1 heterocycles. The summed E-state index contributed by atoms with van der Waals surface area (Å²) in [5.74, 6) is 0. The maximum atomic E-state index is 3.87. The van der Waals surface area contributed by atoms with E-state index < -0.39 is 0 Å². The summed E-state index contributed by atoms with van der Waals surface area (Å²) in [5, 5.41) is 3.27. The molecule has 0 saturated carbocycles. The molecule has 1 fully saturated rings. The van der Waals surface area contributed by atoms with Crippen LogP contribution in [0.2, 0.25) is 0 Å². The third-order valence-electron chi connectivity index (χ3n) is 2.98. The SMILES string of the molecule is C=CC(C)N1CCCCC1CNC. The van der Waals surface area contributed by atoms with Crippen LogP contribution in [0.15, 0.2) is 12.7 Å². The molecule has 0 aromatic rings. The highest BCUT2D eigenvalue weighted by molar-refractivity contribution is 4.90. The molecule has 13 heavy (non-hydrogen) atoms. The van der Waals surface area contributed by atoms with Crippen molar-refractivity contribution in [2.45, 2.75) is 38.3 Å². The third-order valence-corrected chi connectivity index (χ3v) is 2.98. The number of piperidine rings is 1. The van der Waals surface area contributed by atoms with Gasteiger partial charge in [-0.3, -0.25) is 4.90 Å². The minimum absolute atomic E-state index is 0.527. The first-order chi connectivity index (χ1) is 6.29. The topological polar surface area (TPSA) is 15.3 Å². The van der Waals surface area contributed by atoms with Gasteiger partial charge >= 0.3 is 0 Å². The normalized spacial score (nSPS) is 27.1. The molecule has 2 heteroatoms. The van der Waals surface area contributed by atoms with Crippen LogP contribution < -0.4 is 5.32 Å². The van der Waals surface area contributed by atoms with Gasteiger partial charge in [-0.15, -0.1) is 6.58 Å². The standard InChI is InChI=1S/C11H22N2/c1-4-10(2)13-8-6-5-7-11(13)9-12-3/h4,10-12H,1,5-9H2,2-3H3. The Hall–Kier alpha value is -0.340. The maximum Gasteiger partial charge on any atom is 0.0250 e. The van der Waals surface area contributed by atoms with Gasteiger partial charge in [0.1, 0.15) is 0 Å². The Bertz CT molecular complexity index is 154. The van der Waals surface area contributed by atoms with E-state index in [4.69, 9.17) is 0 Å². The maximum absolute atomic E-state index is 3.87. The summed E-state index contributed by atoms with van der Waals surface area (Å²) >= 11 is 0. The van der Waals surface area contributed by atoms with Gasteiger partial charge in [-0.1, -0.05) is 12.5 Å². The molecule has 76 valence electrons. The van der Waals surface area contributed by atoms with Crippen molar-refractivity contribution in [1.82, 2.24) is 10.2 Å². The molecule has 0 amide bonds.